The fourth-order valence-corrected chi connectivity index (χ4v) is 5.31. The number of benzene rings is 3. The second-order valence-electron chi connectivity index (χ2n) is 10.8. The second-order valence-corrected chi connectivity index (χ2v) is 10.8. The fraction of sp³-hybridized carbons (Fsp3) is 0.303. The molecule has 7 nitrogen and oxygen atoms in total. The Morgan fingerprint density at radius 2 is 1.85 bits per heavy atom. The van der Waals surface area contributed by atoms with Gasteiger partial charge in [0.05, 0.1) is 6.04 Å². The van der Waals surface area contributed by atoms with Crippen LogP contribution in [0.5, 0.6) is 5.75 Å². The Labute approximate surface area is 234 Å². The summed E-state index contributed by atoms with van der Waals surface area (Å²) in [6.07, 6.45) is 4.13. The van der Waals surface area contributed by atoms with Gasteiger partial charge in [-0.05, 0) is 67.5 Å². The molecule has 1 saturated carbocycles. The van der Waals surface area contributed by atoms with E-state index in [0.717, 1.165) is 41.5 Å². The molecule has 1 aliphatic carbocycles. The number of rotatable bonds is 8. The number of carbonyl (C=O) groups excluding carboxylic acids is 2. The molecule has 6 rings (SSSR count). The molecule has 0 saturated heterocycles. The van der Waals surface area contributed by atoms with Crippen molar-refractivity contribution >= 4 is 11.8 Å². The van der Waals surface area contributed by atoms with Gasteiger partial charge in [0.25, 0.3) is 5.91 Å². The van der Waals surface area contributed by atoms with Crippen molar-refractivity contribution in [2.75, 3.05) is 6.54 Å². The first-order chi connectivity index (χ1) is 19.4. The fourth-order valence-electron chi connectivity index (χ4n) is 5.31. The second kappa shape index (κ2) is 11.0. The van der Waals surface area contributed by atoms with Crippen LogP contribution in [-0.4, -0.2) is 28.2 Å². The van der Waals surface area contributed by atoms with Crippen LogP contribution in [0.25, 0.3) is 0 Å². The highest BCUT2D eigenvalue weighted by Crippen LogP contribution is 2.41. The summed E-state index contributed by atoms with van der Waals surface area (Å²) in [7, 11) is 0. The van der Waals surface area contributed by atoms with Crippen LogP contribution in [0.2, 0.25) is 0 Å². The van der Waals surface area contributed by atoms with Crippen molar-refractivity contribution in [2.45, 2.75) is 52.3 Å². The first-order valence-corrected chi connectivity index (χ1v) is 13.9. The van der Waals surface area contributed by atoms with Crippen LogP contribution in [-0.2, 0) is 24.4 Å². The number of hydrogen-bond donors (Lipinski definition) is 1. The van der Waals surface area contributed by atoms with E-state index in [9.17, 15) is 9.59 Å². The third kappa shape index (κ3) is 5.64. The number of oxazole rings is 1. The van der Waals surface area contributed by atoms with Gasteiger partial charge in [-0.3, -0.25) is 9.59 Å². The first-order valence-electron chi connectivity index (χ1n) is 13.9. The first kappa shape index (κ1) is 25.9. The molecule has 2 amide bonds. The number of aromatic nitrogens is 1. The molecule has 1 fully saturated rings. The van der Waals surface area contributed by atoms with Gasteiger partial charge in [0.1, 0.15) is 12.0 Å². The van der Waals surface area contributed by atoms with Crippen molar-refractivity contribution in [3.8, 4) is 5.75 Å². The minimum atomic E-state index is -0.299. The van der Waals surface area contributed by atoms with Crippen LogP contribution in [0.4, 0.5) is 0 Å². The van der Waals surface area contributed by atoms with E-state index in [4.69, 9.17) is 9.15 Å². The number of hydrogen-bond acceptors (Lipinski definition) is 5. The van der Waals surface area contributed by atoms with Crippen LogP contribution >= 0.6 is 0 Å². The number of amides is 2. The molecule has 0 spiro atoms. The Morgan fingerprint density at radius 3 is 2.62 bits per heavy atom. The Morgan fingerprint density at radius 1 is 1.02 bits per heavy atom. The molecule has 3 aromatic carbocycles. The zero-order valence-corrected chi connectivity index (χ0v) is 22.9. The normalized spacial score (nSPS) is 16.4. The maximum atomic E-state index is 13.3. The highest BCUT2D eigenvalue weighted by atomic mass is 16.5. The lowest BCUT2D eigenvalue weighted by molar-refractivity contribution is -0.134. The standard InChI is InChI=1S/C33H33N3O4/c1-21-6-8-25(9-7-21)31-28-17-27(13-12-24(28)14-15-36(31)33(38)26-10-11-26)39-20-30-35-29(19-40-30)32(37)34-18-23-5-3-4-22(2)16-23/h3-9,12-13,16-17,19,26,31H,10-11,14-15,18,20H2,1-2H3,(H,34,37). The van der Waals surface area contributed by atoms with Gasteiger partial charge >= 0.3 is 0 Å². The van der Waals surface area contributed by atoms with Crippen LogP contribution in [0, 0.1) is 19.8 Å². The zero-order valence-electron chi connectivity index (χ0n) is 22.9. The maximum Gasteiger partial charge on any atom is 0.273 e. The van der Waals surface area contributed by atoms with Crippen molar-refractivity contribution in [3.63, 3.8) is 0 Å². The predicted octanol–water partition coefficient (Wildman–Crippen LogP) is 5.68. The molecule has 1 aliphatic heterocycles. The van der Waals surface area contributed by atoms with Crippen molar-refractivity contribution in [1.29, 1.82) is 0 Å². The van der Waals surface area contributed by atoms with Gasteiger partial charge < -0.3 is 19.4 Å². The van der Waals surface area contributed by atoms with Gasteiger partial charge in [0.15, 0.2) is 12.3 Å². The zero-order chi connectivity index (χ0) is 27.6. The van der Waals surface area contributed by atoms with Gasteiger partial charge in [-0.2, -0.15) is 0 Å². The Balaban J connectivity index is 1.16. The van der Waals surface area contributed by atoms with E-state index < -0.39 is 0 Å². The minimum absolute atomic E-state index is 0.0872. The van der Waals surface area contributed by atoms with Crippen molar-refractivity contribution < 1.29 is 18.7 Å². The summed E-state index contributed by atoms with van der Waals surface area (Å²) in [5.74, 6) is 1.09. The van der Waals surface area contributed by atoms with E-state index in [2.05, 4.69) is 47.6 Å². The van der Waals surface area contributed by atoms with Gasteiger partial charge in [-0.1, -0.05) is 65.7 Å². The van der Waals surface area contributed by atoms with Gasteiger partial charge in [0.2, 0.25) is 11.8 Å². The molecular formula is C33H33N3O4. The molecule has 1 aromatic heterocycles. The van der Waals surface area contributed by atoms with E-state index >= 15 is 0 Å². The molecule has 2 heterocycles. The lowest BCUT2D eigenvalue weighted by Crippen LogP contribution is -2.41. The quantitative estimate of drug-likeness (QED) is 0.314. The Bertz CT molecular complexity index is 1540. The number of aryl methyl sites for hydroxylation is 2. The van der Waals surface area contributed by atoms with E-state index in [1.165, 1.54) is 17.4 Å². The number of fused-ring (bicyclic) bond motifs is 1. The van der Waals surface area contributed by atoms with Crippen LogP contribution in [0.15, 0.2) is 77.4 Å². The molecule has 0 bridgehead atoms. The SMILES string of the molecule is Cc1ccc(C2c3cc(OCc4nc(C(=O)NCc5cccc(C)c5)co4)ccc3CCN2C(=O)C2CC2)cc1. The van der Waals surface area contributed by atoms with E-state index in [1.807, 2.05) is 48.2 Å². The molecule has 4 aromatic rings. The van der Waals surface area contributed by atoms with E-state index in [-0.39, 0.29) is 36.1 Å². The van der Waals surface area contributed by atoms with Gasteiger partial charge in [-0.15, -0.1) is 0 Å². The third-order valence-corrected chi connectivity index (χ3v) is 7.63. The maximum absolute atomic E-state index is 13.3. The van der Waals surface area contributed by atoms with Gasteiger partial charge in [-0.25, -0.2) is 4.98 Å². The molecule has 1 N–H and O–H groups in total. The molecule has 40 heavy (non-hydrogen) atoms. The molecule has 7 heteroatoms. The highest BCUT2D eigenvalue weighted by molar-refractivity contribution is 5.91. The summed E-state index contributed by atoms with van der Waals surface area (Å²) in [5.41, 5.74) is 6.98. The average Bonchev–Trinajstić information content (AvgIpc) is 3.71. The number of carbonyl (C=O) groups is 2. The molecule has 204 valence electrons. The molecule has 0 radical (unpaired) electrons. The summed E-state index contributed by atoms with van der Waals surface area (Å²) in [5, 5.41) is 2.88. The van der Waals surface area contributed by atoms with Crippen LogP contribution in [0.3, 0.4) is 0 Å². The summed E-state index contributed by atoms with van der Waals surface area (Å²) >= 11 is 0. The number of nitrogens with zero attached hydrogens (tertiary/aromatic N) is 2. The smallest absolute Gasteiger partial charge is 0.273 e. The third-order valence-electron chi connectivity index (χ3n) is 7.63. The Kier molecular flexibility index (Phi) is 7.11. The van der Waals surface area contributed by atoms with Crippen LogP contribution < -0.4 is 10.1 Å². The van der Waals surface area contributed by atoms with E-state index in [1.54, 1.807) is 0 Å². The van der Waals surface area contributed by atoms with Crippen molar-refractivity contribution in [3.05, 3.63) is 118 Å². The molecule has 1 atom stereocenters. The number of nitrogens with one attached hydrogen (secondary N) is 1. The predicted molar refractivity (Wildman–Crippen MR) is 151 cm³/mol. The summed E-state index contributed by atoms with van der Waals surface area (Å²) in [4.78, 5) is 32.2. The summed E-state index contributed by atoms with van der Waals surface area (Å²) < 4.78 is 11.6. The van der Waals surface area contributed by atoms with E-state index in [0.29, 0.717) is 24.7 Å². The van der Waals surface area contributed by atoms with Crippen LogP contribution in [0.1, 0.15) is 68.6 Å². The topological polar surface area (TPSA) is 84.7 Å². The van der Waals surface area contributed by atoms with Gasteiger partial charge in [0, 0.05) is 19.0 Å². The monoisotopic (exact) mass is 535 g/mol. The lowest BCUT2D eigenvalue weighted by atomic mass is 9.87. The molecule has 2 aliphatic rings. The largest absolute Gasteiger partial charge is 0.484 e. The van der Waals surface area contributed by atoms with Crippen molar-refractivity contribution in [2.24, 2.45) is 5.92 Å². The average molecular weight is 536 g/mol. The van der Waals surface area contributed by atoms with Crippen molar-refractivity contribution in [1.82, 2.24) is 15.2 Å². The number of ether oxygens (including phenoxy) is 1. The highest BCUT2D eigenvalue weighted by Gasteiger charge is 2.39. The minimum Gasteiger partial charge on any atom is -0.484 e. The molecule has 1 unspecified atom stereocenters. The summed E-state index contributed by atoms with van der Waals surface area (Å²) in [6, 6.07) is 22.3. The molecular weight excluding hydrogens is 502 g/mol. The Hall–Kier alpha value is -4.39. The summed E-state index contributed by atoms with van der Waals surface area (Å²) in [6.45, 7) is 5.30. The lowest BCUT2D eigenvalue weighted by Gasteiger charge is -2.38.